The van der Waals surface area contributed by atoms with Crippen LogP contribution in [0.25, 0.3) is 0 Å². The van der Waals surface area contributed by atoms with E-state index in [2.05, 4.69) is 6.58 Å². The van der Waals surface area contributed by atoms with Crippen LogP contribution in [0.15, 0.2) is 12.3 Å². The topological polar surface area (TPSA) is 29.5 Å². The molecule has 0 spiro atoms. The van der Waals surface area contributed by atoms with Crippen LogP contribution in [0.2, 0.25) is 0 Å². The van der Waals surface area contributed by atoms with E-state index in [4.69, 9.17) is 4.74 Å². The van der Waals surface area contributed by atoms with Gasteiger partial charge in [-0.2, -0.15) is 0 Å². The highest BCUT2D eigenvalue weighted by Crippen LogP contribution is 1.95. The summed E-state index contributed by atoms with van der Waals surface area (Å²) in [6.07, 6.45) is -0.352. The van der Waals surface area contributed by atoms with Crippen LogP contribution in [0.1, 0.15) is 13.8 Å². The van der Waals surface area contributed by atoms with Crippen LogP contribution >= 0.6 is 0 Å². The zero-order valence-corrected chi connectivity index (χ0v) is 6.68. The van der Waals surface area contributed by atoms with E-state index in [1.165, 1.54) is 4.90 Å². The largest absolute Gasteiger partial charge is 0.416 e. The fourth-order valence-electron chi connectivity index (χ4n) is 0.356. The first-order valence-electron chi connectivity index (χ1n) is 3.16. The second-order valence-corrected chi connectivity index (χ2v) is 2.08. The van der Waals surface area contributed by atoms with Crippen molar-refractivity contribution in [2.45, 2.75) is 13.8 Å². The van der Waals surface area contributed by atoms with Gasteiger partial charge < -0.3 is 9.64 Å². The first-order valence-corrected chi connectivity index (χ1v) is 3.16. The predicted octanol–water partition coefficient (Wildman–Crippen LogP) is 1.61. The van der Waals surface area contributed by atoms with Gasteiger partial charge in [-0.3, -0.25) is 0 Å². The maximum absolute atomic E-state index is 10.8. The van der Waals surface area contributed by atoms with Crippen LogP contribution in [0.5, 0.6) is 0 Å². The van der Waals surface area contributed by atoms with Crippen LogP contribution in [-0.4, -0.2) is 24.6 Å². The van der Waals surface area contributed by atoms with E-state index in [0.717, 1.165) is 0 Å². The zero-order chi connectivity index (χ0) is 8.15. The lowest BCUT2D eigenvalue weighted by Crippen LogP contribution is -2.26. The fraction of sp³-hybridized carbons (Fsp3) is 0.571. The van der Waals surface area contributed by atoms with Gasteiger partial charge in [-0.15, -0.1) is 0 Å². The summed E-state index contributed by atoms with van der Waals surface area (Å²) in [5, 5.41) is 0. The first kappa shape index (κ1) is 9.01. The van der Waals surface area contributed by atoms with Crippen molar-refractivity contribution >= 4 is 6.09 Å². The molecule has 10 heavy (non-hydrogen) atoms. The molecule has 0 heterocycles. The lowest BCUT2D eigenvalue weighted by molar-refractivity contribution is 0.141. The molecule has 0 rings (SSSR count). The van der Waals surface area contributed by atoms with Gasteiger partial charge in [0.25, 0.3) is 0 Å². The Hall–Kier alpha value is -0.990. The van der Waals surface area contributed by atoms with Crippen molar-refractivity contribution in [3.05, 3.63) is 12.3 Å². The Balaban J connectivity index is 3.73. The van der Waals surface area contributed by atoms with E-state index in [9.17, 15) is 4.79 Å². The summed E-state index contributed by atoms with van der Waals surface area (Å²) in [5.41, 5.74) is 0. The fourth-order valence-corrected chi connectivity index (χ4v) is 0.356. The molecule has 0 bridgehead atoms. The molecule has 0 atom stereocenters. The monoisotopic (exact) mass is 143 g/mol. The van der Waals surface area contributed by atoms with E-state index in [-0.39, 0.29) is 6.09 Å². The van der Waals surface area contributed by atoms with E-state index in [1.807, 2.05) is 6.92 Å². The molecule has 3 nitrogen and oxygen atoms in total. The van der Waals surface area contributed by atoms with Crippen molar-refractivity contribution in [1.29, 1.82) is 0 Å². The highest BCUT2D eigenvalue weighted by Gasteiger charge is 2.06. The SMILES string of the molecule is C=C(C)OC(=O)N(C)CC. The molecule has 0 radical (unpaired) electrons. The summed E-state index contributed by atoms with van der Waals surface area (Å²) in [4.78, 5) is 12.3. The van der Waals surface area contributed by atoms with Gasteiger partial charge in [-0.05, 0) is 13.8 Å². The summed E-state index contributed by atoms with van der Waals surface area (Å²) < 4.78 is 4.70. The number of rotatable bonds is 2. The van der Waals surface area contributed by atoms with E-state index in [0.29, 0.717) is 12.3 Å². The number of hydrogen-bond acceptors (Lipinski definition) is 2. The smallest absolute Gasteiger partial charge is 0.414 e. The normalized spacial score (nSPS) is 8.70. The van der Waals surface area contributed by atoms with Crippen molar-refractivity contribution in [3.8, 4) is 0 Å². The van der Waals surface area contributed by atoms with Crippen LogP contribution in [0, 0.1) is 0 Å². The minimum Gasteiger partial charge on any atom is -0.416 e. The Kier molecular flexibility index (Phi) is 3.54. The summed E-state index contributed by atoms with van der Waals surface area (Å²) in [6.45, 7) is 7.60. The van der Waals surface area contributed by atoms with Crippen molar-refractivity contribution in [1.82, 2.24) is 4.90 Å². The number of ether oxygens (including phenoxy) is 1. The standard InChI is InChI=1S/C7H13NO2/c1-5-8(4)7(9)10-6(2)3/h2,5H2,1,3-4H3. The van der Waals surface area contributed by atoms with Gasteiger partial charge >= 0.3 is 6.09 Å². The summed E-state index contributed by atoms with van der Waals surface area (Å²) in [6, 6.07) is 0. The van der Waals surface area contributed by atoms with Gasteiger partial charge in [0.15, 0.2) is 0 Å². The minimum atomic E-state index is -0.352. The molecule has 0 aliphatic carbocycles. The second-order valence-electron chi connectivity index (χ2n) is 2.08. The molecule has 0 fully saturated rings. The molecule has 0 aromatic carbocycles. The molecule has 0 saturated heterocycles. The average Bonchev–Trinajstić information content (AvgIpc) is 1.85. The van der Waals surface area contributed by atoms with Gasteiger partial charge in [0, 0.05) is 13.6 Å². The summed E-state index contributed by atoms with van der Waals surface area (Å²) in [7, 11) is 1.67. The van der Waals surface area contributed by atoms with Gasteiger partial charge in [0.1, 0.15) is 0 Å². The third-order valence-electron chi connectivity index (χ3n) is 1.05. The Morgan fingerprint density at radius 1 is 1.70 bits per heavy atom. The molecule has 0 saturated carbocycles. The molecular formula is C7H13NO2. The number of carbonyl (C=O) groups excluding carboxylic acids is 1. The molecule has 58 valence electrons. The third kappa shape index (κ3) is 3.12. The molecule has 0 aliphatic rings. The number of hydrogen-bond donors (Lipinski definition) is 0. The molecule has 0 unspecified atom stereocenters. The molecule has 0 aliphatic heterocycles. The van der Waals surface area contributed by atoms with Crippen LogP contribution < -0.4 is 0 Å². The lowest BCUT2D eigenvalue weighted by atomic mass is 10.6. The number of allylic oxidation sites excluding steroid dienone is 1. The maximum Gasteiger partial charge on any atom is 0.414 e. The van der Waals surface area contributed by atoms with Gasteiger partial charge in [0.2, 0.25) is 0 Å². The van der Waals surface area contributed by atoms with Crippen molar-refractivity contribution in [2.24, 2.45) is 0 Å². The second kappa shape index (κ2) is 3.93. The van der Waals surface area contributed by atoms with Gasteiger partial charge in [-0.1, -0.05) is 6.58 Å². The number of carbonyl (C=O) groups is 1. The average molecular weight is 143 g/mol. The molecule has 3 heteroatoms. The van der Waals surface area contributed by atoms with E-state index < -0.39 is 0 Å². The highest BCUT2D eigenvalue weighted by molar-refractivity contribution is 5.68. The van der Waals surface area contributed by atoms with Gasteiger partial charge in [-0.25, -0.2) is 4.79 Å². The predicted molar refractivity (Wildman–Crippen MR) is 39.6 cm³/mol. The molecular weight excluding hydrogens is 130 g/mol. The molecule has 0 N–H and O–H groups in total. The summed E-state index contributed by atoms with van der Waals surface area (Å²) >= 11 is 0. The number of nitrogens with zero attached hydrogens (tertiary/aromatic N) is 1. The lowest BCUT2D eigenvalue weighted by Gasteiger charge is -2.13. The molecule has 0 aromatic heterocycles. The zero-order valence-electron chi connectivity index (χ0n) is 6.68. The quantitative estimate of drug-likeness (QED) is 0.549. The van der Waals surface area contributed by atoms with Crippen LogP contribution in [0.4, 0.5) is 4.79 Å². The Morgan fingerprint density at radius 3 is 2.50 bits per heavy atom. The van der Waals surface area contributed by atoms with Crippen molar-refractivity contribution in [2.75, 3.05) is 13.6 Å². The first-order chi connectivity index (χ1) is 4.57. The highest BCUT2D eigenvalue weighted by atomic mass is 16.6. The van der Waals surface area contributed by atoms with Gasteiger partial charge in [0.05, 0.1) is 5.76 Å². The van der Waals surface area contributed by atoms with Crippen molar-refractivity contribution in [3.63, 3.8) is 0 Å². The maximum atomic E-state index is 10.8. The molecule has 0 aromatic rings. The third-order valence-corrected chi connectivity index (χ3v) is 1.05. The Bertz CT molecular complexity index is 143. The minimum absolute atomic E-state index is 0.352. The summed E-state index contributed by atoms with van der Waals surface area (Å²) in [5.74, 6) is 0.422. The van der Waals surface area contributed by atoms with Crippen molar-refractivity contribution < 1.29 is 9.53 Å². The molecule has 1 amide bonds. The number of amides is 1. The van der Waals surface area contributed by atoms with E-state index in [1.54, 1.807) is 14.0 Å². The van der Waals surface area contributed by atoms with E-state index >= 15 is 0 Å². The Morgan fingerprint density at radius 2 is 2.20 bits per heavy atom. The van der Waals surface area contributed by atoms with Crippen LogP contribution in [0.3, 0.4) is 0 Å². The van der Waals surface area contributed by atoms with Crippen LogP contribution in [-0.2, 0) is 4.74 Å². The Labute approximate surface area is 61.3 Å².